The Morgan fingerprint density at radius 1 is 1.26 bits per heavy atom. The van der Waals surface area contributed by atoms with E-state index in [2.05, 4.69) is 17.2 Å². The van der Waals surface area contributed by atoms with Gasteiger partial charge in [-0.1, -0.05) is 13.0 Å². The van der Waals surface area contributed by atoms with E-state index in [0.29, 0.717) is 13.2 Å². The molecule has 0 bridgehead atoms. The number of benzene rings is 1. The third-order valence-electron chi connectivity index (χ3n) is 2.89. The highest BCUT2D eigenvalue weighted by Crippen LogP contribution is 2.18. The highest BCUT2D eigenvalue weighted by Gasteiger charge is 2.08. The van der Waals surface area contributed by atoms with E-state index >= 15 is 0 Å². The van der Waals surface area contributed by atoms with Gasteiger partial charge in [-0.15, -0.1) is 0 Å². The first-order valence-electron chi connectivity index (χ1n) is 6.53. The smallest absolute Gasteiger partial charge is 0.121 e. The van der Waals surface area contributed by atoms with Crippen LogP contribution in [0.25, 0.3) is 10.9 Å². The molecule has 0 amide bonds. The van der Waals surface area contributed by atoms with Crippen molar-refractivity contribution in [2.75, 3.05) is 26.9 Å². The largest absolute Gasteiger partial charge is 0.492 e. The molecule has 1 unspecified atom stereocenters. The van der Waals surface area contributed by atoms with E-state index < -0.39 is 0 Å². The maximum absolute atomic E-state index is 5.80. The molecular formula is C15H20N2O2. The lowest BCUT2D eigenvalue weighted by Crippen LogP contribution is -2.38. The van der Waals surface area contributed by atoms with Crippen LogP contribution in [0, 0.1) is 0 Å². The number of likely N-dealkylation sites (N-methyl/N-ethyl adjacent to an activating group) is 1. The zero-order chi connectivity index (χ0) is 13.5. The van der Waals surface area contributed by atoms with Gasteiger partial charge in [0.1, 0.15) is 12.4 Å². The summed E-state index contributed by atoms with van der Waals surface area (Å²) in [6.45, 7) is 4.19. The minimum absolute atomic E-state index is 0.203. The Bertz CT molecular complexity index is 510. The molecule has 0 aliphatic rings. The average Bonchev–Trinajstić information content (AvgIpc) is 2.45. The van der Waals surface area contributed by atoms with Crippen molar-refractivity contribution in [2.45, 2.75) is 13.0 Å². The molecule has 1 heterocycles. The molecule has 102 valence electrons. The second-order valence-corrected chi connectivity index (χ2v) is 4.38. The Hall–Kier alpha value is -1.65. The number of fused-ring (bicyclic) bond motifs is 1. The number of hydrogen-bond donors (Lipinski definition) is 1. The van der Waals surface area contributed by atoms with Crippen LogP contribution in [-0.2, 0) is 4.74 Å². The summed E-state index contributed by atoms with van der Waals surface area (Å²) in [6.07, 6.45) is 1.79. The van der Waals surface area contributed by atoms with Crippen LogP contribution in [0.5, 0.6) is 5.75 Å². The first-order chi connectivity index (χ1) is 9.33. The van der Waals surface area contributed by atoms with Crippen molar-refractivity contribution < 1.29 is 9.47 Å². The van der Waals surface area contributed by atoms with Gasteiger partial charge >= 0.3 is 0 Å². The van der Waals surface area contributed by atoms with Crippen LogP contribution in [-0.4, -0.2) is 37.9 Å². The average molecular weight is 260 g/mol. The van der Waals surface area contributed by atoms with Gasteiger partial charge in [-0.05, 0) is 24.7 Å². The topological polar surface area (TPSA) is 43.4 Å². The molecule has 1 aromatic heterocycles. The van der Waals surface area contributed by atoms with E-state index in [1.165, 1.54) is 0 Å². The molecule has 4 heteroatoms. The molecule has 1 N–H and O–H groups in total. The third-order valence-corrected chi connectivity index (χ3v) is 2.89. The van der Waals surface area contributed by atoms with Crippen molar-refractivity contribution in [1.29, 1.82) is 0 Å². The van der Waals surface area contributed by atoms with Crippen LogP contribution >= 0.6 is 0 Å². The van der Waals surface area contributed by atoms with Gasteiger partial charge in [0.2, 0.25) is 0 Å². The second kappa shape index (κ2) is 7.07. The van der Waals surface area contributed by atoms with Crippen LogP contribution in [0.15, 0.2) is 36.5 Å². The Balaban J connectivity index is 2.00. The molecule has 4 nitrogen and oxygen atoms in total. The molecule has 2 aromatic rings. The fourth-order valence-electron chi connectivity index (χ4n) is 1.99. The Kier molecular flexibility index (Phi) is 5.12. The number of methoxy groups -OCH3 is 1. The molecule has 0 spiro atoms. The van der Waals surface area contributed by atoms with Crippen molar-refractivity contribution in [2.24, 2.45) is 0 Å². The molecule has 19 heavy (non-hydrogen) atoms. The summed E-state index contributed by atoms with van der Waals surface area (Å²) in [5.41, 5.74) is 0.951. The van der Waals surface area contributed by atoms with Crippen molar-refractivity contribution in [3.8, 4) is 5.75 Å². The predicted octanol–water partition coefficient (Wildman–Crippen LogP) is 2.24. The molecule has 1 aromatic carbocycles. The van der Waals surface area contributed by atoms with Crippen molar-refractivity contribution in [3.63, 3.8) is 0 Å². The van der Waals surface area contributed by atoms with Crippen LogP contribution in [0.4, 0.5) is 0 Å². The Morgan fingerprint density at radius 2 is 2.16 bits per heavy atom. The first-order valence-corrected chi connectivity index (χ1v) is 6.53. The number of ether oxygens (including phenoxy) is 2. The normalized spacial score (nSPS) is 12.5. The minimum atomic E-state index is 0.203. The number of nitrogens with one attached hydrogen (secondary N) is 1. The van der Waals surface area contributed by atoms with E-state index in [4.69, 9.17) is 9.47 Å². The number of hydrogen-bond acceptors (Lipinski definition) is 4. The lowest BCUT2D eigenvalue weighted by Gasteiger charge is -2.17. The van der Waals surface area contributed by atoms with E-state index in [1.807, 2.05) is 30.3 Å². The van der Waals surface area contributed by atoms with E-state index in [1.54, 1.807) is 13.3 Å². The molecule has 0 saturated carbocycles. The summed E-state index contributed by atoms with van der Waals surface area (Å²) in [4.78, 5) is 4.32. The molecule has 0 aliphatic heterocycles. The fraction of sp³-hybridized carbons (Fsp3) is 0.400. The van der Waals surface area contributed by atoms with E-state index in [9.17, 15) is 0 Å². The van der Waals surface area contributed by atoms with Gasteiger partial charge in [-0.2, -0.15) is 0 Å². The van der Waals surface area contributed by atoms with E-state index in [-0.39, 0.29) is 6.04 Å². The number of aromatic nitrogens is 1. The van der Waals surface area contributed by atoms with Gasteiger partial charge in [0, 0.05) is 24.8 Å². The van der Waals surface area contributed by atoms with Crippen LogP contribution in [0.2, 0.25) is 0 Å². The summed E-state index contributed by atoms with van der Waals surface area (Å²) < 4.78 is 11.0. The molecular weight excluding hydrogens is 240 g/mol. The van der Waals surface area contributed by atoms with Gasteiger partial charge in [-0.25, -0.2) is 0 Å². The zero-order valence-electron chi connectivity index (χ0n) is 11.4. The molecule has 1 atom stereocenters. The van der Waals surface area contributed by atoms with Gasteiger partial charge < -0.3 is 14.8 Å². The van der Waals surface area contributed by atoms with E-state index in [0.717, 1.165) is 23.2 Å². The monoisotopic (exact) mass is 260 g/mol. The van der Waals surface area contributed by atoms with Gasteiger partial charge in [0.25, 0.3) is 0 Å². The zero-order valence-corrected chi connectivity index (χ0v) is 11.4. The molecule has 0 aliphatic carbocycles. The minimum Gasteiger partial charge on any atom is -0.492 e. The summed E-state index contributed by atoms with van der Waals surface area (Å²) in [5.74, 6) is 0.838. The maximum Gasteiger partial charge on any atom is 0.121 e. The maximum atomic E-state index is 5.80. The molecule has 0 saturated heterocycles. The Labute approximate surface area is 113 Å². The Morgan fingerprint density at radius 3 is 2.95 bits per heavy atom. The lowest BCUT2D eigenvalue weighted by molar-refractivity contribution is 0.137. The van der Waals surface area contributed by atoms with Crippen molar-refractivity contribution in [3.05, 3.63) is 36.5 Å². The summed E-state index contributed by atoms with van der Waals surface area (Å²) >= 11 is 0. The molecule has 0 radical (unpaired) electrons. The third kappa shape index (κ3) is 3.91. The number of nitrogens with zero attached hydrogens (tertiary/aromatic N) is 1. The second-order valence-electron chi connectivity index (χ2n) is 4.38. The summed E-state index contributed by atoms with van der Waals surface area (Å²) in [6, 6.07) is 10.1. The summed E-state index contributed by atoms with van der Waals surface area (Å²) in [5, 5.41) is 4.45. The molecule has 2 rings (SSSR count). The quantitative estimate of drug-likeness (QED) is 0.829. The highest BCUT2D eigenvalue weighted by atomic mass is 16.5. The van der Waals surface area contributed by atoms with Gasteiger partial charge in [0.05, 0.1) is 18.2 Å². The van der Waals surface area contributed by atoms with Crippen LogP contribution < -0.4 is 10.1 Å². The van der Waals surface area contributed by atoms with Gasteiger partial charge in [-0.3, -0.25) is 4.98 Å². The first kappa shape index (κ1) is 13.8. The van der Waals surface area contributed by atoms with Crippen molar-refractivity contribution >= 4 is 10.9 Å². The number of rotatable bonds is 7. The number of pyridine rings is 1. The van der Waals surface area contributed by atoms with Crippen LogP contribution in [0.3, 0.4) is 0 Å². The van der Waals surface area contributed by atoms with Gasteiger partial charge in [0.15, 0.2) is 0 Å². The van der Waals surface area contributed by atoms with Crippen molar-refractivity contribution in [1.82, 2.24) is 10.3 Å². The predicted molar refractivity (Wildman–Crippen MR) is 76.6 cm³/mol. The van der Waals surface area contributed by atoms with Crippen LogP contribution in [0.1, 0.15) is 6.92 Å². The molecule has 0 fully saturated rings. The standard InChI is InChI=1S/C15H20N2O2/c1-3-16-13(10-18-2)11-19-14-7-6-12-5-4-8-17-15(12)9-14/h4-9,13,16H,3,10-11H2,1-2H3. The SMILES string of the molecule is CCNC(COC)COc1ccc2cccnc2c1. The summed E-state index contributed by atoms with van der Waals surface area (Å²) in [7, 11) is 1.70. The fourth-order valence-corrected chi connectivity index (χ4v) is 1.99. The lowest BCUT2D eigenvalue weighted by atomic mass is 10.2. The highest BCUT2D eigenvalue weighted by molar-refractivity contribution is 5.79.